The zero-order valence-electron chi connectivity index (χ0n) is 20.5. The molecule has 1 aliphatic rings. The van der Waals surface area contributed by atoms with Gasteiger partial charge in [0.2, 0.25) is 5.91 Å². The van der Waals surface area contributed by atoms with Crippen molar-refractivity contribution in [2.45, 2.75) is 25.7 Å². The minimum Gasteiger partial charge on any atom is -0.355 e. The van der Waals surface area contributed by atoms with Gasteiger partial charge in [0.05, 0.1) is 5.92 Å². The van der Waals surface area contributed by atoms with Crippen LogP contribution >= 0.6 is 0 Å². The van der Waals surface area contributed by atoms with Gasteiger partial charge in [-0.1, -0.05) is 42.5 Å². The first-order valence-electron chi connectivity index (χ1n) is 12.5. The summed E-state index contributed by atoms with van der Waals surface area (Å²) in [5.41, 5.74) is 2.35. The van der Waals surface area contributed by atoms with Crippen LogP contribution in [-0.4, -0.2) is 42.1 Å². The Morgan fingerprint density at radius 3 is 1.95 bits per heavy atom. The monoisotopic (exact) mass is 504 g/mol. The fraction of sp³-hybridized carbons (Fsp3) is 0.300. The summed E-state index contributed by atoms with van der Waals surface area (Å²) in [4.78, 5) is 41.0. The van der Waals surface area contributed by atoms with E-state index in [2.05, 4.69) is 5.32 Å². The maximum Gasteiger partial charge on any atom is 0.253 e. The number of carbonyl (C=O) groups excluding carboxylic acids is 3. The van der Waals surface area contributed by atoms with Crippen LogP contribution in [0.2, 0.25) is 0 Å². The van der Waals surface area contributed by atoms with E-state index < -0.39 is 11.8 Å². The highest BCUT2D eigenvalue weighted by Gasteiger charge is 2.42. The Balaban J connectivity index is 1.39. The molecule has 4 rings (SSSR count). The summed E-state index contributed by atoms with van der Waals surface area (Å²) in [5, 5.41) is 2.90. The molecule has 1 aliphatic heterocycles. The summed E-state index contributed by atoms with van der Waals surface area (Å²) in [7, 11) is 0. The first kappa shape index (κ1) is 26.2. The van der Waals surface area contributed by atoms with Crippen LogP contribution in [-0.2, 0) is 22.4 Å². The summed E-state index contributed by atoms with van der Waals surface area (Å²) >= 11 is 0. The Bertz CT molecular complexity index is 1140. The number of ketones is 1. The van der Waals surface area contributed by atoms with Gasteiger partial charge in [-0.15, -0.1) is 0 Å². The van der Waals surface area contributed by atoms with Gasteiger partial charge < -0.3 is 10.2 Å². The molecule has 0 saturated carbocycles. The summed E-state index contributed by atoms with van der Waals surface area (Å²) < 4.78 is 26.3. The number of amides is 2. The van der Waals surface area contributed by atoms with Gasteiger partial charge in [-0.2, -0.15) is 0 Å². The lowest BCUT2D eigenvalue weighted by Gasteiger charge is -2.17. The molecular formula is C30H30F2N2O3. The Morgan fingerprint density at radius 1 is 0.757 bits per heavy atom. The Labute approximate surface area is 215 Å². The van der Waals surface area contributed by atoms with Gasteiger partial charge in [0.25, 0.3) is 5.91 Å². The maximum absolute atomic E-state index is 13.2. The highest BCUT2D eigenvalue weighted by molar-refractivity contribution is 5.97. The third-order valence-electron chi connectivity index (χ3n) is 6.81. The van der Waals surface area contributed by atoms with Crippen LogP contribution in [0.4, 0.5) is 8.78 Å². The molecule has 1 fully saturated rings. The molecule has 0 aromatic heterocycles. The Hall–Kier alpha value is -3.87. The van der Waals surface area contributed by atoms with E-state index in [1.165, 1.54) is 24.3 Å². The van der Waals surface area contributed by atoms with Crippen LogP contribution in [0, 0.1) is 23.5 Å². The molecule has 0 bridgehead atoms. The summed E-state index contributed by atoms with van der Waals surface area (Å²) in [6.07, 6.45) is 2.00. The fourth-order valence-corrected chi connectivity index (χ4v) is 4.74. The number of benzene rings is 3. The number of likely N-dealkylation sites (tertiary alicyclic amines) is 1. The summed E-state index contributed by atoms with van der Waals surface area (Å²) in [6.45, 7) is 0.711. The van der Waals surface area contributed by atoms with E-state index in [9.17, 15) is 23.2 Å². The lowest BCUT2D eigenvalue weighted by molar-refractivity contribution is -0.131. The van der Waals surface area contributed by atoms with E-state index >= 15 is 0 Å². The molecule has 0 unspecified atom stereocenters. The number of rotatable bonds is 10. The molecule has 5 nitrogen and oxygen atoms in total. The molecule has 2 atom stereocenters. The number of carbonyl (C=O) groups is 3. The van der Waals surface area contributed by atoms with Crippen molar-refractivity contribution in [1.29, 1.82) is 0 Å². The molecule has 192 valence electrons. The van der Waals surface area contributed by atoms with Crippen LogP contribution in [0.25, 0.3) is 0 Å². The van der Waals surface area contributed by atoms with Gasteiger partial charge in [-0.25, -0.2) is 8.78 Å². The van der Waals surface area contributed by atoms with E-state index in [1.807, 2.05) is 6.07 Å². The molecule has 7 heteroatoms. The largest absolute Gasteiger partial charge is 0.355 e. The van der Waals surface area contributed by atoms with Crippen molar-refractivity contribution in [2.75, 3.05) is 19.6 Å². The van der Waals surface area contributed by atoms with E-state index in [4.69, 9.17) is 0 Å². The first-order valence-corrected chi connectivity index (χ1v) is 12.5. The molecule has 37 heavy (non-hydrogen) atoms. The van der Waals surface area contributed by atoms with Crippen LogP contribution in [0.1, 0.15) is 34.3 Å². The second kappa shape index (κ2) is 12.4. The zero-order valence-corrected chi connectivity index (χ0v) is 20.5. The van der Waals surface area contributed by atoms with Gasteiger partial charge in [0.1, 0.15) is 17.4 Å². The maximum atomic E-state index is 13.2. The van der Waals surface area contributed by atoms with Crippen molar-refractivity contribution >= 4 is 17.6 Å². The quantitative estimate of drug-likeness (QED) is 0.439. The second-order valence-corrected chi connectivity index (χ2v) is 9.40. The number of Topliss-reactive ketones (excluding diaryl/α,β-unsaturated/α-hetero) is 1. The molecule has 1 heterocycles. The lowest BCUT2D eigenvalue weighted by atomic mass is 9.88. The smallest absolute Gasteiger partial charge is 0.253 e. The number of hydrogen-bond donors (Lipinski definition) is 1. The highest BCUT2D eigenvalue weighted by Crippen LogP contribution is 2.28. The van der Waals surface area contributed by atoms with Crippen molar-refractivity contribution in [3.63, 3.8) is 0 Å². The average molecular weight is 505 g/mol. The summed E-state index contributed by atoms with van der Waals surface area (Å²) in [6, 6.07) is 21.1. The van der Waals surface area contributed by atoms with Gasteiger partial charge >= 0.3 is 0 Å². The number of hydrogen-bond acceptors (Lipinski definition) is 3. The second-order valence-electron chi connectivity index (χ2n) is 9.40. The molecule has 1 N–H and O–H groups in total. The third-order valence-corrected chi connectivity index (χ3v) is 6.81. The molecular weight excluding hydrogens is 474 g/mol. The van der Waals surface area contributed by atoms with Crippen LogP contribution in [0.5, 0.6) is 0 Å². The molecule has 0 aliphatic carbocycles. The zero-order chi connectivity index (χ0) is 26.2. The molecule has 3 aromatic carbocycles. The average Bonchev–Trinajstić information content (AvgIpc) is 3.37. The number of aryl methyl sites for hydroxylation is 1. The standard InChI is InChI=1S/C30H30F2N2O3/c31-24-13-9-21(10-14-24)5-4-8-28(35)26-19-34(30(37)23-6-2-1-3-7-23)20-27(26)29(36)33-18-17-22-11-15-25(32)16-12-22/h1-3,6-7,9-16,26-27H,4-5,8,17-20H2,(H,33,36)/t26-,27-/m1/s1. The molecule has 0 spiro atoms. The van der Waals surface area contributed by atoms with Crippen LogP contribution in [0.15, 0.2) is 78.9 Å². The predicted molar refractivity (Wildman–Crippen MR) is 137 cm³/mol. The van der Waals surface area contributed by atoms with Gasteiger partial charge in [0.15, 0.2) is 0 Å². The number of nitrogens with one attached hydrogen (secondary N) is 1. The SMILES string of the molecule is O=C(CCCc1ccc(F)cc1)[C@@H]1CN(C(=O)c2ccccc2)C[C@H]1C(=O)NCCc1ccc(F)cc1. The van der Waals surface area contributed by atoms with Crippen molar-refractivity contribution in [1.82, 2.24) is 10.2 Å². The fourth-order valence-electron chi connectivity index (χ4n) is 4.74. The topological polar surface area (TPSA) is 66.5 Å². The van der Waals surface area contributed by atoms with Crippen molar-refractivity contribution in [3.05, 3.63) is 107 Å². The van der Waals surface area contributed by atoms with Crippen molar-refractivity contribution in [2.24, 2.45) is 11.8 Å². The minimum atomic E-state index is -0.640. The van der Waals surface area contributed by atoms with E-state index in [-0.39, 0.29) is 48.7 Å². The Kier molecular flexibility index (Phi) is 8.77. The van der Waals surface area contributed by atoms with Crippen molar-refractivity contribution in [3.8, 4) is 0 Å². The van der Waals surface area contributed by atoms with Crippen molar-refractivity contribution < 1.29 is 23.2 Å². The molecule has 1 saturated heterocycles. The third kappa shape index (κ3) is 7.09. The lowest BCUT2D eigenvalue weighted by Crippen LogP contribution is -2.38. The first-order chi connectivity index (χ1) is 17.9. The van der Waals surface area contributed by atoms with Crippen LogP contribution in [0.3, 0.4) is 0 Å². The highest BCUT2D eigenvalue weighted by atomic mass is 19.1. The van der Waals surface area contributed by atoms with Gasteiger partial charge in [-0.3, -0.25) is 14.4 Å². The molecule has 0 radical (unpaired) electrons. The molecule has 3 aromatic rings. The summed E-state index contributed by atoms with van der Waals surface area (Å²) in [5.74, 6) is -2.37. The van der Waals surface area contributed by atoms with E-state index in [1.54, 1.807) is 53.4 Å². The van der Waals surface area contributed by atoms with Gasteiger partial charge in [-0.05, 0) is 66.8 Å². The predicted octanol–water partition coefficient (Wildman–Crippen LogP) is 4.60. The minimum absolute atomic E-state index is 0.0517. The van der Waals surface area contributed by atoms with Crippen LogP contribution < -0.4 is 5.32 Å². The Morgan fingerprint density at radius 2 is 1.32 bits per heavy atom. The van der Waals surface area contributed by atoms with E-state index in [0.29, 0.717) is 31.4 Å². The molecule has 2 amide bonds. The van der Waals surface area contributed by atoms with Gasteiger partial charge in [0, 0.05) is 37.5 Å². The normalized spacial score (nSPS) is 17.0. The number of halogens is 2. The van der Waals surface area contributed by atoms with E-state index in [0.717, 1.165) is 11.1 Å². The number of nitrogens with zero attached hydrogens (tertiary/aromatic N) is 1.